The smallest absolute Gasteiger partial charge is 0.339 e. The van der Waals surface area contributed by atoms with Crippen molar-refractivity contribution < 1.29 is 8.83 Å². The maximum absolute atomic E-state index is 12.5. The lowest BCUT2D eigenvalue weighted by Gasteiger charge is -2.17. The summed E-state index contributed by atoms with van der Waals surface area (Å²) in [5.41, 5.74) is 8.75. The summed E-state index contributed by atoms with van der Waals surface area (Å²) in [4.78, 5) is 12.5. The quantitative estimate of drug-likeness (QED) is 0.295. The van der Waals surface area contributed by atoms with Gasteiger partial charge in [-0.05, 0) is 60.9 Å². The van der Waals surface area contributed by atoms with Crippen molar-refractivity contribution in [3.63, 3.8) is 0 Å². The zero-order valence-corrected chi connectivity index (χ0v) is 17.4. The van der Waals surface area contributed by atoms with Crippen LogP contribution in [0.3, 0.4) is 0 Å². The molecular formula is C28H22O3. The van der Waals surface area contributed by atoms with Gasteiger partial charge in [0.1, 0.15) is 11.2 Å². The second-order valence-corrected chi connectivity index (χ2v) is 8.40. The minimum Gasteiger partial charge on any atom is -0.463 e. The van der Waals surface area contributed by atoms with Gasteiger partial charge in [0.15, 0.2) is 0 Å². The fourth-order valence-corrected chi connectivity index (χ4v) is 4.95. The van der Waals surface area contributed by atoms with Crippen LogP contribution in [0.15, 0.2) is 80.6 Å². The van der Waals surface area contributed by atoms with Crippen molar-refractivity contribution in [2.45, 2.75) is 32.6 Å². The van der Waals surface area contributed by atoms with Crippen molar-refractivity contribution in [2.24, 2.45) is 0 Å². The molecule has 0 bridgehead atoms. The van der Waals surface area contributed by atoms with Crippen molar-refractivity contribution in [3.8, 4) is 22.3 Å². The summed E-state index contributed by atoms with van der Waals surface area (Å²) >= 11 is 0. The van der Waals surface area contributed by atoms with Crippen LogP contribution in [0.25, 0.3) is 44.2 Å². The fourth-order valence-electron chi connectivity index (χ4n) is 4.95. The highest BCUT2D eigenvalue weighted by Crippen LogP contribution is 2.39. The average Bonchev–Trinajstić information content (AvgIpc) is 3.25. The van der Waals surface area contributed by atoms with Gasteiger partial charge in [-0.1, -0.05) is 54.6 Å². The third-order valence-corrected chi connectivity index (χ3v) is 6.58. The monoisotopic (exact) mass is 406 g/mol. The Morgan fingerprint density at radius 2 is 1.42 bits per heavy atom. The molecule has 1 aliphatic carbocycles. The summed E-state index contributed by atoms with van der Waals surface area (Å²) < 4.78 is 11.7. The Labute approximate surface area is 179 Å². The molecule has 3 heteroatoms. The molecular weight excluding hydrogens is 384 g/mol. The maximum Gasteiger partial charge on any atom is 0.339 e. The highest BCUT2D eigenvalue weighted by Gasteiger charge is 2.22. The van der Waals surface area contributed by atoms with E-state index in [1.54, 1.807) is 0 Å². The van der Waals surface area contributed by atoms with Crippen LogP contribution in [0.2, 0.25) is 0 Å². The van der Waals surface area contributed by atoms with E-state index < -0.39 is 0 Å². The SMILES string of the molecule is Cc1c2occ(-c3ccc(-c4ccccc4)cc3)c2cc2c3c(c(=O)oc12)CCCC3. The molecule has 5 aromatic rings. The van der Waals surface area contributed by atoms with Crippen LogP contribution in [0.5, 0.6) is 0 Å². The Hall–Kier alpha value is -3.59. The topological polar surface area (TPSA) is 43.4 Å². The second-order valence-electron chi connectivity index (χ2n) is 8.40. The van der Waals surface area contributed by atoms with Crippen LogP contribution in [-0.2, 0) is 12.8 Å². The summed E-state index contributed by atoms with van der Waals surface area (Å²) in [6.07, 6.45) is 5.72. The van der Waals surface area contributed by atoms with Gasteiger partial charge in [-0.3, -0.25) is 0 Å². The van der Waals surface area contributed by atoms with Crippen LogP contribution in [0.1, 0.15) is 29.5 Å². The summed E-state index contributed by atoms with van der Waals surface area (Å²) in [6, 6.07) is 21.1. The van der Waals surface area contributed by atoms with E-state index in [4.69, 9.17) is 8.83 Å². The largest absolute Gasteiger partial charge is 0.463 e. The zero-order chi connectivity index (χ0) is 20.9. The number of benzene rings is 3. The first-order chi connectivity index (χ1) is 15.2. The maximum atomic E-state index is 12.5. The van der Waals surface area contributed by atoms with E-state index in [0.717, 1.165) is 69.9 Å². The van der Waals surface area contributed by atoms with Crippen molar-refractivity contribution >= 4 is 21.9 Å². The molecule has 3 nitrogen and oxygen atoms in total. The molecule has 0 N–H and O–H groups in total. The molecule has 6 rings (SSSR count). The van der Waals surface area contributed by atoms with E-state index in [1.807, 2.05) is 19.3 Å². The van der Waals surface area contributed by atoms with Gasteiger partial charge in [-0.25, -0.2) is 4.79 Å². The Morgan fingerprint density at radius 3 is 2.19 bits per heavy atom. The zero-order valence-electron chi connectivity index (χ0n) is 17.4. The fraction of sp³-hybridized carbons (Fsp3) is 0.179. The first kappa shape index (κ1) is 18.2. The van der Waals surface area contributed by atoms with E-state index in [9.17, 15) is 4.79 Å². The van der Waals surface area contributed by atoms with E-state index in [0.29, 0.717) is 5.58 Å². The summed E-state index contributed by atoms with van der Waals surface area (Å²) in [5, 5.41) is 2.13. The van der Waals surface area contributed by atoms with E-state index in [1.165, 1.54) is 11.1 Å². The Bertz CT molecular complexity index is 1490. The first-order valence-electron chi connectivity index (χ1n) is 10.9. The molecule has 0 saturated heterocycles. The molecule has 3 aromatic carbocycles. The molecule has 0 amide bonds. The Balaban J connectivity index is 1.54. The van der Waals surface area contributed by atoms with Crippen molar-refractivity contribution in [3.05, 3.63) is 94.0 Å². The second kappa shape index (κ2) is 6.98. The van der Waals surface area contributed by atoms with Crippen molar-refractivity contribution in [2.75, 3.05) is 0 Å². The molecule has 0 spiro atoms. The van der Waals surface area contributed by atoms with Gasteiger partial charge >= 0.3 is 5.63 Å². The van der Waals surface area contributed by atoms with Crippen LogP contribution in [0.4, 0.5) is 0 Å². The molecule has 0 aliphatic heterocycles. The minimum absolute atomic E-state index is 0.187. The number of fused-ring (bicyclic) bond motifs is 4. The van der Waals surface area contributed by atoms with Gasteiger partial charge in [0.2, 0.25) is 0 Å². The molecule has 1 aliphatic rings. The van der Waals surface area contributed by atoms with Gasteiger partial charge in [-0.15, -0.1) is 0 Å². The number of hydrogen-bond donors (Lipinski definition) is 0. The van der Waals surface area contributed by atoms with Gasteiger partial charge in [0.25, 0.3) is 0 Å². The average molecular weight is 406 g/mol. The van der Waals surface area contributed by atoms with Crippen molar-refractivity contribution in [1.82, 2.24) is 0 Å². The van der Waals surface area contributed by atoms with Gasteiger partial charge in [0, 0.05) is 27.5 Å². The van der Waals surface area contributed by atoms with E-state index in [-0.39, 0.29) is 5.63 Å². The predicted molar refractivity (Wildman–Crippen MR) is 125 cm³/mol. The molecule has 2 heterocycles. The highest BCUT2D eigenvalue weighted by atomic mass is 16.4. The Morgan fingerprint density at radius 1 is 0.742 bits per heavy atom. The van der Waals surface area contributed by atoms with Crippen LogP contribution in [0, 0.1) is 6.92 Å². The summed E-state index contributed by atoms with van der Waals surface area (Å²) in [5.74, 6) is 0. The molecule has 0 unspecified atom stereocenters. The summed E-state index contributed by atoms with van der Waals surface area (Å²) in [7, 11) is 0. The lowest BCUT2D eigenvalue weighted by Crippen LogP contribution is -2.16. The minimum atomic E-state index is -0.187. The van der Waals surface area contributed by atoms with Crippen LogP contribution in [-0.4, -0.2) is 0 Å². The van der Waals surface area contributed by atoms with Crippen molar-refractivity contribution in [1.29, 1.82) is 0 Å². The number of rotatable bonds is 2. The number of furan rings is 1. The third kappa shape index (κ3) is 2.84. The first-order valence-corrected chi connectivity index (χ1v) is 10.9. The molecule has 152 valence electrons. The standard InChI is InChI=1S/C28H22O3/c1-17-26-24(15-23-21-9-5-6-10-22(21)28(29)31-27(17)23)25(16-30-26)20-13-11-19(12-14-20)18-7-3-2-4-8-18/h2-4,7-8,11-16H,5-6,9-10H2,1H3. The number of aryl methyl sites for hydroxylation is 2. The molecule has 0 fully saturated rings. The normalized spacial score (nSPS) is 13.6. The number of hydrogen-bond acceptors (Lipinski definition) is 3. The van der Waals surface area contributed by atoms with E-state index >= 15 is 0 Å². The van der Waals surface area contributed by atoms with Gasteiger partial charge in [-0.2, -0.15) is 0 Å². The highest BCUT2D eigenvalue weighted by molar-refractivity contribution is 6.05. The lowest BCUT2D eigenvalue weighted by atomic mass is 9.89. The van der Waals surface area contributed by atoms with Gasteiger partial charge < -0.3 is 8.83 Å². The van der Waals surface area contributed by atoms with Crippen LogP contribution < -0.4 is 5.63 Å². The molecule has 0 atom stereocenters. The molecule has 2 aromatic heterocycles. The third-order valence-electron chi connectivity index (χ3n) is 6.58. The van der Waals surface area contributed by atoms with Crippen LogP contribution >= 0.6 is 0 Å². The van der Waals surface area contributed by atoms with Gasteiger partial charge in [0.05, 0.1) is 6.26 Å². The predicted octanol–water partition coefficient (Wildman–Crippen LogP) is 7.06. The van der Waals surface area contributed by atoms with E-state index in [2.05, 4.69) is 54.6 Å². The molecule has 0 radical (unpaired) electrons. The lowest BCUT2D eigenvalue weighted by molar-refractivity contribution is 0.530. The molecule has 0 saturated carbocycles. The Kier molecular flexibility index (Phi) is 4.10. The molecule has 31 heavy (non-hydrogen) atoms. The summed E-state index contributed by atoms with van der Waals surface area (Å²) in [6.45, 7) is 1.98.